The molecule has 0 atom stereocenters. The monoisotopic (exact) mass is 467 g/mol. The van der Waals surface area contributed by atoms with Crippen LogP contribution in [-0.2, 0) is 4.79 Å². The fraction of sp³-hybridized carbons (Fsp3) is 0.292. The van der Waals surface area contributed by atoms with E-state index in [0.29, 0.717) is 11.6 Å². The first kappa shape index (κ1) is 22.8. The summed E-state index contributed by atoms with van der Waals surface area (Å²) in [5, 5.41) is 11.8. The number of hydrogen-bond acceptors (Lipinski definition) is 7. The molecule has 33 heavy (non-hydrogen) atoms. The van der Waals surface area contributed by atoms with E-state index in [4.69, 9.17) is 4.74 Å². The predicted molar refractivity (Wildman–Crippen MR) is 130 cm³/mol. The minimum Gasteiger partial charge on any atom is -0.492 e. The minimum atomic E-state index is -0.457. The van der Waals surface area contributed by atoms with Crippen LogP contribution in [-0.4, -0.2) is 54.6 Å². The van der Waals surface area contributed by atoms with Gasteiger partial charge in [-0.2, -0.15) is 0 Å². The molecule has 0 aliphatic carbocycles. The van der Waals surface area contributed by atoms with Crippen molar-refractivity contribution in [2.45, 2.75) is 11.9 Å². The molecule has 3 aromatic rings. The molecule has 1 aromatic heterocycles. The normalized spacial score (nSPS) is 13.6. The first-order valence-corrected chi connectivity index (χ1v) is 11.8. The van der Waals surface area contributed by atoms with Crippen LogP contribution in [0.25, 0.3) is 0 Å². The molecule has 0 radical (unpaired) electrons. The Morgan fingerprint density at radius 2 is 1.73 bits per heavy atom. The van der Waals surface area contributed by atoms with Crippen LogP contribution in [0.2, 0.25) is 0 Å². The maximum atomic E-state index is 13.7. The number of benzene rings is 2. The topological polar surface area (TPSA) is 70.6 Å². The molecule has 2 aromatic carbocycles. The van der Waals surface area contributed by atoms with E-state index in [1.807, 2.05) is 37.3 Å². The summed E-state index contributed by atoms with van der Waals surface area (Å²) in [6.07, 6.45) is 0. The van der Waals surface area contributed by atoms with E-state index in [2.05, 4.69) is 31.4 Å². The van der Waals surface area contributed by atoms with Crippen LogP contribution in [0, 0.1) is 5.82 Å². The van der Waals surface area contributed by atoms with Gasteiger partial charge >= 0.3 is 0 Å². The summed E-state index contributed by atoms with van der Waals surface area (Å²) in [4.78, 5) is 16.6. The van der Waals surface area contributed by atoms with E-state index >= 15 is 0 Å². The Hall–Kier alpha value is -3.33. The smallest absolute Gasteiger partial charge is 0.234 e. The Morgan fingerprint density at radius 1 is 1.00 bits per heavy atom. The van der Waals surface area contributed by atoms with Crippen molar-refractivity contribution in [3.05, 3.63) is 66.5 Å². The minimum absolute atomic E-state index is 0.125. The molecule has 1 aliphatic rings. The molecule has 0 spiro atoms. The molecule has 172 valence electrons. The van der Waals surface area contributed by atoms with Gasteiger partial charge in [-0.25, -0.2) is 4.39 Å². The summed E-state index contributed by atoms with van der Waals surface area (Å²) in [5.74, 6) is 1.10. The number of carbonyl (C=O) groups is 1. The zero-order valence-electron chi connectivity index (χ0n) is 18.4. The molecule has 7 nitrogen and oxygen atoms in total. The van der Waals surface area contributed by atoms with E-state index in [9.17, 15) is 9.18 Å². The number of rotatable bonds is 8. The van der Waals surface area contributed by atoms with Crippen LogP contribution in [0.3, 0.4) is 0 Å². The van der Waals surface area contributed by atoms with Gasteiger partial charge in [0.15, 0.2) is 5.82 Å². The Bertz CT molecular complexity index is 1070. The third-order valence-electron chi connectivity index (χ3n) is 5.23. The van der Waals surface area contributed by atoms with Crippen molar-refractivity contribution in [1.82, 2.24) is 10.2 Å². The molecule has 9 heteroatoms. The van der Waals surface area contributed by atoms with Gasteiger partial charge in [0.2, 0.25) is 5.91 Å². The zero-order chi connectivity index (χ0) is 23.0. The Kier molecular flexibility index (Phi) is 7.62. The predicted octanol–water partition coefficient (Wildman–Crippen LogP) is 4.07. The van der Waals surface area contributed by atoms with E-state index in [1.165, 1.54) is 23.9 Å². The standard InChI is InChI=1S/C24H26FN5O2S/c1-2-32-21-10-6-5-9-20(21)29-13-15-30(16-14-29)22-11-12-24(28-27-22)33-17-23(31)26-19-8-4-3-7-18(19)25/h3-12H,2,13-17H2,1H3,(H,26,31). The maximum absolute atomic E-state index is 13.7. The van der Waals surface area contributed by atoms with Crippen molar-refractivity contribution >= 4 is 34.9 Å². The lowest BCUT2D eigenvalue weighted by Crippen LogP contribution is -2.47. The number of aromatic nitrogens is 2. The van der Waals surface area contributed by atoms with Gasteiger partial charge in [0.05, 0.1) is 23.7 Å². The maximum Gasteiger partial charge on any atom is 0.234 e. The molecule has 0 bridgehead atoms. The Morgan fingerprint density at radius 3 is 2.45 bits per heavy atom. The lowest BCUT2D eigenvalue weighted by Gasteiger charge is -2.37. The second-order valence-electron chi connectivity index (χ2n) is 7.42. The van der Waals surface area contributed by atoms with Gasteiger partial charge in [0.1, 0.15) is 16.6 Å². The highest BCUT2D eigenvalue weighted by Gasteiger charge is 2.21. The summed E-state index contributed by atoms with van der Waals surface area (Å²) in [6, 6.07) is 18.0. The number of para-hydroxylation sites is 3. The fourth-order valence-electron chi connectivity index (χ4n) is 3.62. The highest BCUT2D eigenvalue weighted by atomic mass is 32.2. The number of piperazine rings is 1. The molecule has 1 fully saturated rings. The van der Waals surface area contributed by atoms with Crippen molar-refractivity contribution < 1.29 is 13.9 Å². The highest BCUT2D eigenvalue weighted by molar-refractivity contribution is 7.99. The molecule has 1 aliphatic heterocycles. The van der Waals surface area contributed by atoms with Crippen molar-refractivity contribution in [3.8, 4) is 5.75 Å². The quantitative estimate of drug-likeness (QED) is 0.501. The van der Waals surface area contributed by atoms with Crippen LogP contribution in [0.1, 0.15) is 6.92 Å². The van der Waals surface area contributed by atoms with Gasteiger partial charge in [0.25, 0.3) is 0 Å². The van der Waals surface area contributed by atoms with Crippen molar-refractivity contribution in [3.63, 3.8) is 0 Å². The number of nitrogens with zero attached hydrogens (tertiary/aromatic N) is 4. The number of nitrogens with one attached hydrogen (secondary N) is 1. The molecule has 0 saturated carbocycles. The number of carbonyl (C=O) groups excluding carboxylic acids is 1. The molecule has 1 N–H and O–H groups in total. The van der Waals surface area contributed by atoms with E-state index in [-0.39, 0.29) is 17.3 Å². The van der Waals surface area contributed by atoms with Gasteiger partial charge in [-0.15, -0.1) is 10.2 Å². The molecule has 2 heterocycles. The van der Waals surface area contributed by atoms with Gasteiger partial charge in [-0.3, -0.25) is 4.79 Å². The van der Waals surface area contributed by atoms with Crippen molar-refractivity contribution in [1.29, 1.82) is 0 Å². The summed E-state index contributed by atoms with van der Waals surface area (Å²) in [7, 11) is 0. The number of ether oxygens (including phenoxy) is 1. The average molecular weight is 468 g/mol. The summed E-state index contributed by atoms with van der Waals surface area (Å²) < 4.78 is 19.4. The van der Waals surface area contributed by atoms with Crippen LogP contribution in [0.4, 0.5) is 21.6 Å². The van der Waals surface area contributed by atoms with Crippen LogP contribution >= 0.6 is 11.8 Å². The van der Waals surface area contributed by atoms with Gasteiger partial charge in [-0.05, 0) is 43.3 Å². The average Bonchev–Trinajstić information content (AvgIpc) is 2.85. The van der Waals surface area contributed by atoms with Gasteiger partial charge < -0.3 is 19.9 Å². The summed E-state index contributed by atoms with van der Waals surface area (Å²) in [5.41, 5.74) is 1.29. The number of hydrogen-bond donors (Lipinski definition) is 1. The molecule has 1 saturated heterocycles. The van der Waals surface area contributed by atoms with Crippen molar-refractivity contribution in [2.24, 2.45) is 0 Å². The number of halogens is 1. The van der Waals surface area contributed by atoms with E-state index < -0.39 is 5.82 Å². The van der Waals surface area contributed by atoms with Crippen LogP contribution in [0.5, 0.6) is 5.75 Å². The SMILES string of the molecule is CCOc1ccccc1N1CCN(c2ccc(SCC(=O)Nc3ccccc3F)nn2)CC1. The van der Waals surface area contributed by atoms with Crippen LogP contribution < -0.4 is 19.9 Å². The number of amides is 1. The van der Waals surface area contributed by atoms with Crippen LogP contribution in [0.15, 0.2) is 65.7 Å². The lowest BCUT2D eigenvalue weighted by atomic mass is 10.2. The highest BCUT2D eigenvalue weighted by Crippen LogP contribution is 2.29. The Labute approximate surface area is 197 Å². The molecule has 1 amide bonds. The third-order valence-corrected chi connectivity index (χ3v) is 6.15. The molecular weight excluding hydrogens is 441 g/mol. The summed E-state index contributed by atoms with van der Waals surface area (Å²) in [6.45, 7) is 6.00. The molecular formula is C24H26FN5O2S. The second-order valence-corrected chi connectivity index (χ2v) is 8.42. The zero-order valence-corrected chi connectivity index (χ0v) is 19.2. The second kappa shape index (κ2) is 11.0. The largest absolute Gasteiger partial charge is 0.492 e. The third kappa shape index (κ3) is 5.92. The van der Waals surface area contributed by atoms with E-state index in [0.717, 1.165) is 43.4 Å². The van der Waals surface area contributed by atoms with Gasteiger partial charge in [-0.1, -0.05) is 36.0 Å². The molecule has 4 rings (SSSR count). The first-order chi connectivity index (χ1) is 16.1. The lowest BCUT2D eigenvalue weighted by molar-refractivity contribution is -0.113. The first-order valence-electron chi connectivity index (χ1n) is 10.9. The Balaban J connectivity index is 1.28. The number of thioether (sulfide) groups is 1. The van der Waals surface area contributed by atoms with E-state index in [1.54, 1.807) is 12.1 Å². The molecule has 0 unspecified atom stereocenters. The fourth-order valence-corrected chi connectivity index (χ4v) is 4.23. The van der Waals surface area contributed by atoms with Crippen molar-refractivity contribution in [2.75, 3.05) is 53.7 Å². The summed E-state index contributed by atoms with van der Waals surface area (Å²) >= 11 is 1.26. The number of anilines is 3. The van der Waals surface area contributed by atoms with Gasteiger partial charge in [0, 0.05) is 26.2 Å².